The van der Waals surface area contributed by atoms with Crippen LogP contribution in [0.1, 0.15) is 91.4 Å². The second kappa shape index (κ2) is 14.9. The molecule has 1 aromatic heterocycles. The van der Waals surface area contributed by atoms with Crippen molar-refractivity contribution in [3.8, 4) is 5.69 Å². The van der Waals surface area contributed by atoms with Crippen LogP contribution < -0.4 is 11.1 Å². The van der Waals surface area contributed by atoms with Gasteiger partial charge in [0.2, 0.25) is 0 Å². The first-order chi connectivity index (χ1) is 22.7. The first-order valence-corrected chi connectivity index (χ1v) is 16.4. The zero-order valence-electron chi connectivity index (χ0n) is 28.9. The van der Waals surface area contributed by atoms with Crippen LogP contribution in [0.4, 0.5) is 18.9 Å². The van der Waals surface area contributed by atoms with Crippen LogP contribution in [0.25, 0.3) is 5.69 Å². The molecule has 0 bridgehead atoms. The fraction of sp³-hybridized carbons (Fsp3) is 0.618. The number of halogens is 3. The van der Waals surface area contributed by atoms with Crippen molar-refractivity contribution in [3.05, 3.63) is 40.7 Å². The molecule has 1 heterocycles. The lowest BCUT2D eigenvalue weighted by atomic mass is 9.75. The molecule has 270 valence electrons. The number of ether oxygens (including phenoxy) is 3. The quantitative estimate of drug-likeness (QED) is 0.176. The van der Waals surface area contributed by atoms with Gasteiger partial charge in [0.25, 0.3) is 5.91 Å². The molecule has 1 atom stereocenters. The Bertz CT molecular complexity index is 1560. The summed E-state index contributed by atoms with van der Waals surface area (Å²) in [5, 5.41) is 7.21. The smallest absolute Gasteiger partial charge is 0.435 e. The van der Waals surface area contributed by atoms with Gasteiger partial charge in [0.1, 0.15) is 13.2 Å². The summed E-state index contributed by atoms with van der Waals surface area (Å²) in [6.07, 6.45) is -2.67. The Balaban J connectivity index is 1.36. The minimum absolute atomic E-state index is 0.0189. The number of carbonyl (C=O) groups is 4. The Labute approximate surface area is 284 Å². The van der Waals surface area contributed by atoms with E-state index in [2.05, 4.69) is 10.4 Å². The molecule has 1 amide bonds. The zero-order chi connectivity index (χ0) is 36.3. The number of aromatic nitrogens is 2. The summed E-state index contributed by atoms with van der Waals surface area (Å²) in [6.45, 7) is 5.66. The number of hydrogen-bond donors (Lipinski definition) is 2. The van der Waals surface area contributed by atoms with Gasteiger partial charge in [0, 0.05) is 25.1 Å². The maximum atomic E-state index is 14.0. The lowest BCUT2D eigenvalue weighted by Crippen LogP contribution is -2.43. The summed E-state index contributed by atoms with van der Waals surface area (Å²) in [6, 6.07) is 4.39. The van der Waals surface area contributed by atoms with Crippen LogP contribution >= 0.6 is 0 Å². The number of nitrogens with zero attached hydrogens (tertiary/aromatic N) is 3. The number of hydrogen-bond acceptors (Lipinski definition) is 9. The number of esters is 2. The highest BCUT2D eigenvalue weighted by Gasteiger charge is 2.45. The Kier molecular flexibility index (Phi) is 11.5. The molecular weight excluding hydrogens is 647 g/mol. The van der Waals surface area contributed by atoms with Gasteiger partial charge in [-0.2, -0.15) is 18.3 Å². The molecule has 3 N–H and O–H groups in total. The highest BCUT2D eigenvalue weighted by atomic mass is 19.4. The van der Waals surface area contributed by atoms with Gasteiger partial charge in [-0.05, 0) is 55.7 Å². The second-order valence-electron chi connectivity index (χ2n) is 14.7. The van der Waals surface area contributed by atoms with Gasteiger partial charge in [-0.15, -0.1) is 0 Å². The molecule has 0 radical (unpaired) electrons. The third-order valence-electron chi connectivity index (χ3n) is 8.54. The number of fused-ring (bicyclic) bond motifs is 1. The molecule has 4 rings (SSSR count). The number of rotatable bonds is 13. The number of ketones is 1. The van der Waals surface area contributed by atoms with Gasteiger partial charge in [0.05, 0.1) is 62.8 Å². The molecular formula is C34H47F3N5O7+. The lowest BCUT2D eigenvalue weighted by Gasteiger charge is -2.31. The maximum absolute atomic E-state index is 14.0. The van der Waals surface area contributed by atoms with Crippen molar-refractivity contribution in [3.63, 3.8) is 0 Å². The molecule has 1 unspecified atom stereocenters. The monoisotopic (exact) mass is 694 g/mol. The summed E-state index contributed by atoms with van der Waals surface area (Å²) in [7, 11) is 5.80. The average Bonchev–Trinajstić information content (AvgIpc) is 3.34. The van der Waals surface area contributed by atoms with E-state index in [4.69, 9.17) is 19.9 Å². The molecule has 2 aliphatic carbocycles. The Morgan fingerprint density at radius 3 is 2.37 bits per heavy atom. The third kappa shape index (κ3) is 10.3. The topological polar surface area (TPSA) is 152 Å². The summed E-state index contributed by atoms with van der Waals surface area (Å²) < 4.78 is 60.1. The molecule has 0 spiro atoms. The summed E-state index contributed by atoms with van der Waals surface area (Å²) in [5.41, 5.74) is 4.47. The van der Waals surface area contributed by atoms with E-state index in [-0.39, 0.29) is 61.6 Å². The fourth-order valence-electron chi connectivity index (χ4n) is 6.56. The van der Waals surface area contributed by atoms with Crippen LogP contribution in [0.2, 0.25) is 0 Å². The standard InChI is InChI=1S/C34H46F3N5O7/c1-20(43)49-24(19-42(4,5)6)16-29(45)48-14-13-47-23-10-7-21(8-11-23)39-26-15-22(9-12-25(26)32(38)46)41-27-17-33(2,3)18-28(44)30(27)31(40-41)34(35,36)37/h9,12,15,21,23-24H,7-8,10-11,13-14,16-19H2,1-6H3,(H2-,38,39,46)/p+1/t21-,23-,24?. The highest BCUT2D eigenvalue weighted by Crippen LogP contribution is 2.42. The van der Waals surface area contributed by atoms with Gasteiger partial charge in [-0.3, -0.25) is 19.2 Å². The number of alkyl halides is 3. The van der Waals surface area contributed by atoms with Gasteiger partial charge >= 0.3 is 18.1 Å². The van der Waals surface area contributed by atoms with Crippen LogP contribution in [0, 0.1) is 5.41 Å². The predicted octanol–water partition coefficient (Wildman–Crippen LogP) is 4.46. The van der Waals surface area contributed by atoms with E-state index in [0.717, 1.165) is 4.68 Å². The number of quaternary nitrogens is 1. The predicted molar refractivity (Wildman–Crippen MR) is 173 cm³/mol. The Hall–Kier alpha value is -3.98. The number of anilines is 1. The zero-order valence-corrected chi connectivity index (χ0v) is 28.9. The Morgan fingerprint density at radius 2 is 1.78 bits per heavy atom. The number of Topliss-reactive ketones (excluding diaryl/α,β-unsaturated/α-hetero) is 1. The van der Waals surface area contributed by atoms with Crippen molar-refractivity contribution < 1.29 is 51.0 Å². The molecule has 15 heteroatoms. The number of carbonyl (C=O) groups excluding carboxylic acids is 4. The fourth-order valence-corrected chi connectivity index (χ4v) is 6.56. The van der Waals surface area contributed by atoms with Gasteiger partial charge in [0.15, 0.2) is 17.6 Å². The van der Waals surface area contributed by atoms with Crippen LogP contribution in [0.5, 0.6) is 0 Å². The van der Waals surface area contributed by atoms with E-state index in [1.165, 1.54) is 19.1 Å². The van der Waals surface area contributed by atoms with Gasteiger partial charge in [-0.1, -0.05) is 13.8 Å². The van der Waals surface area contributed by atoms with E-state index < -0.39 is 52.6 Å². The third-order valence-corrected chi connectivity index (χ3v) is 8.54. The van der Waals surface area contributed by atoms with Crippen LogP contribution in [0.15, 0.2) is 18.2 Å². The number of nitrogens with two attached hydrogens (primary N) is 1. The van der Waals surface area contributed by atoms with Crippen molar-refractivity contribution in [2.75, 3.05) is 46.2 Å². The molecule has 0 saturated heterocycles. The van der Waals surface area contributed by atoms with E-state index in [0.29, 0.717) is 42.4 Å². The normalized spacial score (nSPS) is 19.9. The van der Waals surface area contributed by atoms with Crippen molar-refractivity contribution in [2.24, 2.45) is 11.1 Å². The van der Waals surface area contributed by atoms with E-state index in [1.54, 1.807) is 6.07 Å². The number of amides is 1. The van der Waals surface area contributed by atoms with Gasteiger partial charge in [-0.25, -0.2) is 4.68 Å². The summed E-state index contributed by atoms with van der Waals surface area (Å²) in [5.74, 6) is -2.25. The second-order valence-corrected chi connectivity index (χ2v) is 14.7. The molecule has 1 aromatic carbocycles. The summed E-state index contributed by atoms with van der Waals surface area (Å²) >= 11 is 0. The van der Waals surface area contributed by atoms with Crippen molar-refractivity contribution >= 4 is 29.3 Å². The molecule has 2 aliphatic rings. The number of likely N-dealkylation sites (N-methyl/N-ethyl adjacent to an activating group) is 1. The van der Waals surface area contributed by atoms with E-state index >= 15 is 0 Å². The Morgan fingerprint density at radius 1 is 1.10 bits per heavy atom. The number of benzene rings is 1. The van der Waals surface area contributed by atoms with Crippen molar-refractivity contribution in [2.45, 2.75) is 90.1 Å². The average molecular weight is 695 g/mol. The van der Waals surface area contributed by atoms with Crippen LogP contribution in [0.3, 0.4) is 0 Å². The first-order valence-electron chi connectivity index (χ1n) is 16.4. The molecule has 0 aliphatic heterocycles. The first kappa shape index (κ1) is 37.8. The SMILES string of the molecule is CC(=O)OC(CC(=O)OCCO[C@H]1CC[C@H](Nc2cc(-n3nc(C(F)(F)F)c4c3CC(C)(C)CC4=O)ccc2C(N)=O)CC1)C[N+](C)(C)C. The van der Waals surface area contributed by atoms with Crippen molar-refractivity contribution in [1.82, 2.24) is 9.78 Å². The summed E-state index contributed by atoms with van der Waals surface area (Å²) in [4.78, 5) is 49.0. The van der Waals surface area contributed by atoms with E-state index in [9.17, 15) is 32.3 Å². The highest BCUT2D eigenvalue weighted by molar-refractivity contribution is 6.00. The molecule has 12 nitrogen and oxygen atoms in total. The maximum Gasteiger partial charge on any atom is 0.435 e. The minimum atomic E-state index is -4.82. The molecule has 49 heavy (non-hydrogen) atoms. The molecule has 1 saturated carbocycles. The van der Waals surface area contributed by atoms with Gasteiger partial charge < -0.3 is 29.7 Å². The number of primary amides is 1. The van der Waals surface area contributed by atoms with Crippen LogP contribution in [-0.2, 0) is 36.4 Å². The van der Waals surface area contributed by atoms with Crippen LogP contribution in [-0.4, -0.2) is 97.0 Å². The molecule has 2 aromatic rings. The number of nitrogens with one attached hydrogen (secondary N) is 1. The van der Waals surface area contributed by atoms with Crippen molar-refractivity contribution in [1.29, 1.82) is 0 Å². The lowest BCUT2D eigenvalue weighted by molar-refractivity contribution is -0.873. The molecule has 1 fully saturated rings. The largest absolute Gasteiger partial charge is 0.463 e. The van der Waals surface area contributed by atoms with E-state index in [1.807, 2.05) is 35.0 Å². The minimum Gasteiger partial charge on any atom is -0.463 e.